The van der Waals surface area contributed by atoms with Crippen molar-refractivity contribution in [3.8, 4) is 27.9 Å². The maximum Gasteiger partial charge on any atom is 0.155 e. The maximum atomic E-state index is 7.29. The quantitative estimate of drug-likeness (QED) is 0.105. The van der Waals surface area contributed by atoms with E-state index in [0.717, 1.165) is 83.9 Å². The first-order valence-corrected chi connectivity index (χ1v) is 25.1. The van der Waals surface area contributed by atoms with Gasteiger partial charge in [0.05, 0.1) is 17.1 Å². The minimum atomic E-state index is -0.342. The lowest BCUT2D eigenvalue weighted by molar-refractivity contribution is 0.457. The molecule has 72 heavy (non-hydrogen) atoms. The van der Waals surface area contributed by atoms with Crippen LogP contribution in [0.15, 0.2) is 245 Å². The summed E-state index contributed by atoms with van der Waals surface area (Å²) in [6.45, 7) is 6.69. The molecule has 2 heterocycles. The summed E-state index contributed by atoms with van der Waals surface area (Å²) in [5.74, 6) is 0.781. The SMILES string of the molecule is CCC(C)C(/N=C(\N=C(/C)c1cccc(-c2ccccc2)c1)c1ccc(-c2ccccc2)cc1)c1cc(-n2c3cc4ccccc4cc3c3ccc4ccccc4c32)cc2c1oc1c3ccccc3ccc21. The summed E-state index contributed by atoms with van der Waals surface area (Å²) in [5, 5.41) is 11.7. The summed E-state index contributed by atoms with van der Waals surface area (Å²) < 4.78 is 9.80. The number of rotatable bonds is 9. The largest absolute Gasteiger partial charge is 0.455 e. The summed E-state index contributed by atoms with van der Waals surface area (Å²) >= 11 is 0. The third kappa shape index (κ3) is 7.46. The molecule has 0 amide bonds. The highest BCUT2D eigenvalue weighted by molar-refractivity contribution is 6.22. The summed E-state index contributed by atoms with van der Waals surface area (Å²) in [6.07, 6.45) is 0.886. The van der Waals surface area contributed by atoms with Gasteiger partial charge in [0.2, 0.25) is 0 Å². The second-order valence-electron chi connectivity index (χ2n) is 19.3. The van der Waals surface area contributed by atoms with Crippen LogP contribution in [-0.4, -0.2) is 16.1 Å². The van der Waals surface area contributed by atoms with E-state index in [1.807, 2.05) is 0 Å². The average Bonchev–Trinajstić information content (AvgIpc) is 3.99. The van der Waals surface area contributed by atoms with E-state index in [0.29, 0.717) is 5.84 Å². The highest BCUT2D eigenvalue weighted by Crippen LogP contribution is 2.45. The molecule has 0 bridgehead atoms. The van der Waals surface area contributed by atoms with Crippen LogP contribution in [0, 0.1) is 5.92 Å². The van der Waals surface area contributed by atoms with Gasteiger partial charge in [-0.2, -0.15) is 0 Å². The Morgan fingerprint density at radius 1 is 0.458 bits per heavy atom. The van der Waals surface area contributed by atoms with Crippen molar-refractivity contribution in [2.24, 2.45) is 15.9 Å². The smallest absolute Gasteiger partial charge is 0.155 e. The molecule has 13 aromatic rings. The number of hydrogen-bond donors (Lipinski definition) is 0. The first-order valence-electron chi connectivity index (χ1n) is 25.1. The van der Waals surface area contributed by atoms with Crippen molar-refractivity contribution in [3.05, 3.63) is 247 Å². The van der Waals surface area contributed by atoms with Gasteiger partial charge in [0.15, 0.2) is 5.84 Å². The van der Waals surface area contributed by atoms with Crippen molar-refractivity contribution < 1.29 is 4.42 Å². The minimum absolute atomic E-state index is 0.104. The van der Waals surface area contributed by atoms with E-state index in [2.05, 4.69) is 256 Å². The van der Waals surface area contributed by atoms with Crippen molar-refractivity contribution in [3.63, 3.8) is 0 Å². The second-order valence-corrected chi connectivity index (χ2v) is 19.3. The monoisotopic (exact) mass is 925 g/mol. The Hall–Kier alpha value is -8.86. The van der Waals surface area contributed by atoms with Crippen LogP contribution in [0.25, 0.3) is 104 Å². The van der Waals surface area contributed by atoms with Crippen molar-refractivity contribution in [1.29, 1.82) is 0 Å². The molecular formula is C68H51N3O. The van der Waals surface area contributed by atoms with Gasteiger partial charge < -0.3 is 8.98 Å². The standard InChI is InChI=1S/C68H51N3O/c1-4-43(2)64(70-68(50-32-30-47(31-33-50)45-18-7-5-8-19-45)69-44(3)51-26-17-27-52(38-51)46-20-9-6-10-21-46)62-42-55(41-61-59-37-35-49-23-14-16-29-57(49)66(59)72-67(61)62)71-63-40-54-25-12-11-24-53(54)39-60(63)58-36-34-48-22-13-15-28-56(48)65(58)71/h5-43,64H,4H2,1-3H3/b69-44+,70-68-. The molecule has 2 aromatic heterocycles. The Balaban J connectivity index is 1.10. The molecule has 0 saturated carbocycles. The van der Waals surface area contributed by atoms with Gasteiger partial charge >= 0.3 is 0 Å². The van der Waals surface area contributed by atoms with Crippen molar-refractivity contribution in [2.45, 2.75) is 33.2 Å². The van der Waals surface area contributed by atoms with Gasteiger partial charge in [-0.25, -0.2) is 4.99 Å². The zero-order chi connectivity index (χ0) is 48.3. The summed E-state index contributed by atoms with van der Waals surface area (Å²) in [4.78, 5) is 11.5. The van der Waals surface area contributed by atoms with Crippen LogP contribution >= 0.6 is 0 Å². The fourth-order valence-corrected chi connectivity index (χ4v) is 10.9. The lowest BCUT2D eigenvalue weighted by atomic mass is 9.90. The fourth-order valence-electron chi connectivity index (χ4n) is 10.9. The molecule has 0 aliphatic rings. The number of aromatic nitrogens is 1. The zero-order valence-electron chi connectivity index (χ0n) is 40.6. The lowest BCUT2D eigenvalue weighted by Gasteiger charge is -2.22. The minimum Gasteiger partial charge on any atom is -0.455 e. The number of benzene rings is 11. The molecular weight excluding hydrogens is 875 g/mol. The van der Waals surface area contributed by atoms with Gasteiger partial charge in [0.1, 0.15) is 11.2 Å². The Morgan fingerprint density at radius 3 is 1.78 bits per heavy atom. The summed E-state index contributed by atoms with van der Waals surface area (Å²) in [6, 6.07) is 82.7. The Bertz CT molecular complexity index is 4270. The van der Waals surface area contributed by atoms with Crippen LogP contribution in [-0.2, 0) is 0 Å². The second kappa shape index (κ2) is 17.8. The Kier molecular flexibility index (Phi) is 10.7. The predicted octanol–water partition coefficient (Wildman–Crippen LogP) is 18.5. The molecule has 4 nitrogen and oxygen atoms in total. The molecule has 0 fully saturated rings. The zero-order valence-corrected chi connectivity index (χ0v) is 40.6. The van der Waals surface area contributed by atoms with Crippen LogP contribution in [0.5, 0.6) is 0 Å². The van der Waals surface area contributed by atoms with Crippen molar-refractivity contribution in [2.75, 3.05) is 0 Å². The van der Waals surface area contributed by atoms with Crippen molar-refractivity contribution in [1.82, 2.24) is 4.57 Å². The number of amidine groups is 1. The van der Waals surface area contributed by atoms with E-state index in [1.54, 1.807) is 0 Å². The number of nitrogens with zero attached hydrogens (tertiary/aromatic N) is 3. The Morgan fingerprint density at radius 2 is 1.06 bits per heavy atom. The maximum absolute atomic E-state index is 7.29. The molecule has 2 atom stereocenters. The topological polar surface area (TPSA) is 42.8 Å². The molecule has 13 rings (SSSR count). The predicted molar refractivity (Wildman–Crippen MR) is 305 cm³/mol. The fraction of sp³-hybridized carbons (Fsp3) is 0.0882. The van der Waals surface area contributed by atoms with Gasteiger partial charge in [0.25, 0.3) is 0 Å². The molecule has 4 heteroatoms. The van der Waals surface area contributed by atoms with Crippen LogP contribution in [0.3, 0.4) is 0 Å². The summed E-state index contributed by atoms with van der Waals surface area (Å²) in [5.41, 5.74) is 13.7. The van der Waals surface area contributed by atoms with E-state index in [1.165, 1.54) is 49.0 Å². The average molecular weight is 926 g/mol. The normalized spacial score (nSPS) is 13.3. The van der Waals surface area contributed by atoms with E-state index < -0.39 is 0 Å². The molecule has 0 spiro atoms. The van der Waals surface area contributed by atoms with E-state index in [4.69, 9.17) is 14.4 Å². The summed E-state index contributed by atoms with van der Waals surface area (Å²) in [7, 11) is 0. The van der Waals surface area contributed by atoms with Crippen LogP contribution in [0.1, 0.15) is 49.9 Å². The number of furan rings is 1. The number of fused-ring (bicyclic) bond motifs is 11. The van der Waals surface area contributed by atoms with Crippen LogP contribution < -0.4 is 0 Å². The van der Waals surface area contributed by atoms with Gasteiger partial charge in [0, 0.05) is 54.8 Å². The molecule has 0 aliphatic carbocycles. The van der Waals surface area contributed by atoms with Crippen LogP contribution in [0.4, 0.5) is 0 Å². The number of aliphatic imine (C=N–C) groups is 2. The highest BCUT2D eigenvalue weighted by atomic mass is 16.3. The molecule has 0 N–H and O–H groups in total. The van der Waals surface area contributed by atoms with E-state index in [9.17, 15) is 0 Å². The molecule has 344 valence electrons. The molecule has 0 aliphatic heterocycles. The highest BCUT2D eigenvalue weighted by Gasteiger charge is 2.27. The van der Waals surface area contributed by atoms with E-state index >= 15 is 0 Å². The van der Waals surface area contributed by atoms with Gasteiger partial charge in [-0.1, -0.05) is 214 Å². The molecule has 0 radical (unpaired) electrons. The van der Waals surface area contributed by atoms with Gasteiger partial charge in [-0.05, 0) is 98.6 Å². The lowest BCUT2D eigenvalue weighted by Crippen LogP contribution is -2.13. The molecule has 11 aromatic carbocycles. The third-order valence-corrected chi connectivity index (χ3v) is 14.9. The number of hydrogen-bond acceptors (Lipinski definition) is 2. The molecule has 2 unspecified atom stereocenters. The van der Waals surface area contributed by atoms with Gasteiger partial charge in [-0.15, -0.1) is 0 Å². The van der Waals surface area contributed by atoms with Gasteiger partial charge in [-0.3, -0.25) is 4.99 Å². The third-order valence-electron chi connectivity index (χ3n) is 14.9. The van der Waals surface area contributed by atoms with Crippen molar-refractivity contribution >= 4 is 87.6 Å². The van der Waals surface area contributed by atoms with E-state index in [-0.39, 0.29) is 12.0 Å². The first kappa shape index (κ1) is 43.2. The van der Waals surface area contributed by atoms with Crippen LogP contribution in [0.2, 0.25) is 0 Å². The Labute approximate surface area is 418 Å². The molecule has 0 saturated heterocycles. The first-order chi connectivity index (χ1) is 35.5.